The summed E-state index contributed by atoms with van der Waals surface area (Å²) in [6, 6.07) is 5.25. The van der Waals surface area contributed by atoms with Gasteiger partial charge < -0.3 is 10.3 Å². The lowest BCUT2D eigenvalue weighted by Crippen LogP contribution is -2.50. The minimum absolute atomic E-state index is 0.00592. The Hall–Kier alpha value is -1.18. The third-order valence-corrected chi connectivity index (χ3v) is 6.05. The summed E-state index contributed by atoms with van der Waals surface area (Å²) in [6.07, 6.45) is 0.956. The Morgan fingerprint density at radius 1 is 1.25 bits per heavy atom. The van der Waals surface area contributed by atoms with Gasteiger partial charge in [-0.15, -0.1) is 0 Å². The molecule has 1 fully saturated rings. The molecule has 20 heavy (non-hydrogen) atoms. The predicted octanol–water partition coefficient (Wildman–Crippen LogP) is -0.444. The van der Waals surface area contributed by atoms with E-state index in [-0.39, 0.29) is 29.7 Å². The van der Waals surface area contributed by atoms with Gasteiger partial charge in [0.15, 0.2) is 0 Å². The van der Waals surface area contributed by atoms with Crippen LogP contribution in [0, 0.1) is 5.92 Å². The zero-order chi connectivity index (χ0) is 14.3. The van der Waals surface area contributed by atoms with Crippen molar-refractivity contribution < 1.29 is 8.42 Å². The standard InChI is InChI=1S/C13H19N3O3S/c14-4-5-20(18,19)15-7-10-6-11(9-15)12-2-1-3-13(17)16(12)8-10/h1-3,10-11H,4-9,14H2/t10-,11?/m1/s1. The lowest BCUT2D eigenvalue weighted by molar-refractivity contribution is 0.186. The molecule has 0 aromatic carbocycles. The highest BCUT2D eigenvalue weighted by atomic mass is 32.2. The maximum atomic E-state index is 12.2. The number of rotatable bonds is 3. The molecule has 2 aliphatic heterocycles. The first-order chi connectivity index (χ1) is 9.51. The highest BCUT2D eigenvalue weighted by Crippen LogP contribution is 2.35. The molecule has 2 N–H and O–H groups in total. The fraction of sp³-hybridized carbons (Fsp3) is 0.615. The summed E-state index contributed by atoms with van der Waals surface area (Å²) in [4.78, 5) is 11.9. The van der Waals surface area contributed by atoms with Crippen molar-refractivity contribution in [3.05, 3.63) is 34.2 Å². The van der Waals surface area contributed by atoms with E-state index in [4.69, 9.17) is 5.73 Å². The summed E-state index contributed by atoms with van der Waals surface area (Å²) < 4.78 is 27.7. The molecule has 1 unspecified atom stereocenters. The largest absolute Gasteiger partial charge is 0.329 e. The molecular formula is C13H19N3O3S. The highest BCUT2D eigenvalue weighted by molar-refractivity contribution is 7.89. The molecule has 2 bridgehead atoms. The summed E-state index contributed by atoms with van der Waals surface area (Å²) in [5, 5.41) is 0. The molecule has 1 aromatic heterocycles. The summed E-state index contributed by atoms with van der Waals surface area (Å²) in [5.74, 6) is 0.325. The number of nitrogens with two attached hydrogens (primary N) is 1. The third kappa shape index (κ3) is 2.30. The normalized spacial score (nSPS) is 26.2. The molecule has 2 atom stereocenters. The van der Waals surface area contributed by atoms with E-state index in [0.717, 1.165) is 12.1 Å². The zero-order valence-corrected chi connectivity index (χ0v) is 12.1. The maximum Gasteiger partial charge on any atom is 0.250 e. The first-order valence-electron chi connectivity index (χ1n) is 6.89. The maximum absolute atomic E-state index is 12.2. The summed E-state index contributed by atoms with van der Waals surface area (Å²) in [6.45, 7) is 1.71. The molecule has 110 valence electrons. The van der Waals surface area contributed by atoms with Crippen molar-refractivity contribution in [2.75, 3.05) is 25.4 Å². The van der Waals surface area contributed by atoms with E-state index in [9.17, 15) is 13.2 Å². The average molecular weight is 297 g/mol. The van der Waals surface area contributed by atoms with E-state index < -0.39 is 10.0 Å². The number of aromatic nitrogens is 1. The molecule has 3 heterocycles. The Labute approximate surface area is 118 Å². The second-order valence-corrected chi connectivity index (χ2v) is 7.71. The Morgan fingerprint density at radius 2 is 2.05 bits per heavy atom. The molecule has 0 saturated carbocycles. The van der Waals surface area contributed by atoms with Crippen LogP contribution in [0.4, 0.5) is 0 Å². The molecule has 1 saturated heterocycles. The van der Waals surface area contributed by atoms with E-state index >= 15 is 0 Å². The van der Waals surface area contributed by atoms with Gasteiger partial charge in [-0.2, -0.15) is 0 Å². The van der Waals surface area contributed by atoms with E-state index in [1.54, 1.807) is 21.0 Å². The molecule has 6 nitrogen and oxygen atoms in total. The van der Waals surface area contributed by atoms with Crippen molar-refractivity contribution in [1.29, 1.82) is 0 Å². The Kier molecular flexibility index (Phi) is 3.43. The quantitative estimate of drug-likeness (QED) is 0.819. The second kappa shape index (κ2) is 4.98. The van der Waals surface area contributed by atoms with Gasteiger partial charge in [0.05, 0.1) is 5.75 Å². The number of hydrogen-bond acceptors (Lipinski definition) is 4. The molecule has 1 aromatic rings. The van der Waals surface area contributed by atoms with Crippen LogP contribution in [0.1, 0.15) is 18.0 Å². The average Bonchev–Trinajstić information content (AvgIpc) is 2.40. The third-order valence-electron chi connectivity index (χ3n) is 4.22. The first-order valence-corrected chi connectivity index (χ1v) is 8.50. The summed E-state index contributed by atoms with van der Waals surface area (Å²) in [5.41, 5.74) is 6.35. The first kappa shape index (κ1) is 13.8. The van der Waals surface area contributed by atoms with Gasteiger partial charge in [-0.05, 0) is 18.4 Å². The minimum Gasteiger partial charge on any atom is -0.329 e. The smallest absolute Gasteiger partial charge is 0.250 e. The van der Waals surface area contributed by atoms with Crippen molar-refractivity contribution in [2.45, 2.75) is 18.9 Å². The lowest BCUT2D eigenvalue weighted by atomic mass is 9.84. The second-order valence-electron chi connectivity index (χ2n) is 5.62. The van der Waals surface area contributed by atoms with Crippen molar-refractivity contribution in [3.8, 4) is 0 Å². The van der Waals surface area contributed by atoms with Gasteiger partial charge in [0.1, 0.15) is 0 Å². The molecule has 7 heteroatoms. The summed E-state index contributed by atoms with van der Waals surface area (Å²) >= 11 is 0. The van der Waals surface area contributed by atoms with E-state index in [0.29, 0.717) is 19.6 Å². The molecule has 0 spiro atoms. The Bertz CT molecular complexity index is 668. The monoisotopic (exact) mass is 297 g/mol. The number of nitrogens with zero attached hydrogens (tertiary/aromatic N) is 2. The fourth-order valence-corrected chi connectivity index (χ4v) is 4.76. The number of piperidine rings is 1. The number of hydrogen-bond donors (Lipinski definition) is 1. The van der Waals surface area contributed by atoms with Crippen LogP contribution < -0.4 is 11.3 Å². The van der Waals surface area contributed by atoms with Crippen LogP contribution in [-0.2, 0) is 16.6 Å². The van der Waals surface area contributed by atoms with Crippen LogP contribution in [0.15, 0.2) is 23.0 Å². The van der Waals surface area contributed by atoms with E-state index in [1.165, 1.54) is 0 Å². The molecule has 0 amide bonds. The Morgan fingerprint density at radius 3 is 2.80 bits per heavy atom. The van der Waals surface area contributed by atoms with Crippen LogP contribution in [0.2, 0.25) is 0 Å². The van der Waals surface area contributed by atoms with Gasteiger partial charge in [0.25, 0.3) is 5.56 Å². The van der Waals surface area contributed by atoms with Crippen molar-refractivity contribution in [1.82, 2.24) is 8.87 Å². The number of pyridine rings is 1. The van der Waals surface area contributed by atoms with Crippen LogP contribution >= 0.6 is 0 Å². The number of fused-ring (bicyclic) bond motifs is 4. The van der Waals surface area contributed by atoms with Crippen molar-refractivity contribution in [2.24, 2.45) is 11.7 Å². The molecule has 0 radical (unpaired) electrons. The van der Waals surface area contributed by atoms with Gasteiger partial charge in [-0.25, -0.2) is 12.7 Å². The zero-order valence-electron chi connectivity index (χ0n) is 11.2. The molecule has 3 rings (SSSR count). The van der Waals surface area contributed by atoms with Gasteiger partial charge >= 0.3 is 0 Å². The minimum atomic E-state index is -3.27. The van der Waals surface area contributed by atoms with Crippen molar-refractivity contribution in [3.63, 3.8) is 0 Å². The molecular weight excluding hydrogens is 278 g/mol. The summed E-state index contributed by atoms with van der Waals surface area (Å²) in [7, 11) is -3.27. The van der Waals surface area contributed by atoms with Gasteiger partial charge in [-0.3, -0.25) is 4.79 Å². The number of sulfonamides is 1. The van der Waals surface area contributed by atoms with Crippen LogP contribution in [-0.4, -0.2) is 42.7 Å². The van der Waals surface area contributed by atoms with Gasteiger partial charge in [0, 0.05) is 43.9 Å². The molecule has 2 aliphatic rings. The fourth-order valence-electron chi connectivity index (χ4n) is 3.36. The van der Waals surface area contributed by atoms with E-state index in [2.05, 4.69) is 0 Å². The highest BCUT2D eigenvalue weighted by Gasteiger charge is 2.38. The Balaban J connectivity index is 1.93. The van der Waals surface area contributed by atoms with E-state index in [1.807, 2.05) is 6.07 Å². The van der Waals surface area contributed by atoms with Crippen molar-refractivity contribution >= 4 is 10.0 Å². The lowest BCUT2D eigenvalue weighted by Gasteiger charge is -2.42. The topological polar surface area (TPSA) is 85.4 Å². The SMILES string of the molecule is NCCS(=O)(=O)N1CC2C[C@H](C1)Cn1c2cccc1=O. The van der Waals surface area contributed by atoms with Gasteiger partial charge in [-0.1, -0.05) is 6.07 Å². The van der Waals surface area contributed by atoms with Crippen LogP contribution in [0.5, 0.6) is 0 Å². The van der Waals surface area contributed by atoms with Gasteiger partial charge in [0.2, 0.25) is 10.0 Å². The van der Waals surface area contributed by atoms with Crippen LogP contribution in [0.3, 0.4) is 0 Å². The van der Waals surface area contributed by atoms with Crippen LogP contribution in [0.25, 0.3) is 0 Å². The molecule has 0 aliphatic carbocycles. The predicted molar refractivity (Wildman–Crippen MR) is 76.0 cm³/mol.